The summed E-state index contributed by atoms with van der Waals surface area (Å²) < 4.78 is 0. The van der Waals surface area contributed by atoms with Crippen molar-refractivity contribution in [3.63, 3.8) is 0 Å². The Hall–Kier alpha value is -0.120. The van der Waals surface area contributed by atoms with Crippen molar-refractivity contribution in [2.45, 2.75) is 32.7 Å². The number of nitrogens with two attached hydrogens (primary N) is 1. The maximum absolute atomic E-state index is 5.86. The normalized spacial score (nSPS) is 16.0. The molecule has 15 heavy (non-hydrogen) atoms. The first-order valence-corrected chi connectivity index (χ1v) is 6.07. The maximum Gasteiger partial charge on any atom is 0.0241 e. The fourth-order valence-corrected chi connectivity index (χ4v) is 2.02. The van der Waals surface area contributed by atoms with Crippen LogP contribution in [-0.4, -0.2) is 56.6 Å². The molecule has 0 heterocycles. The lowest BCUT2D eigenvalue weighted by atomic mass is 9.96. The third-order valence-corrected chi connectivity index (χ3v) is 3.11. The molecule has 2 N–H and O–H groups in total. The van der Waals surface area contributed by atoms with Crippen LogP contribution in [-0.2, 0) is 0 Å². The second kappa shape index (κ2) is 8.08. The number of nitrogens with zero attached hydrogens (tertiary/aromatic N) is 2. The molecular weight excluding hydrogens is 186 g/mol. The van der Waals surface area contributed by atoms with E-state index in [-0.39, 0.29) is 0 Å². The second-order valence-electron chi connectivity index (χ2n) is 4.85. The molecular formula is C12H29N3. The minimum Gasteiger partial charge on any atom is -0.329 e. The fraction of sp³-hybridized carbons (Fsp3) is 1.00. The van der Waals surface area contributed by atoms with Crippen LogP contribution in [0.2, 0.25) is 0 Å². The highest BCUT2D eigenvalue weighted by Gasteiger charge is 2.19. The van der Waals surface area contributed by atoms with Crippen molar-refractivity contribution >= 4 is 0 Å². The zero-order chi connectivity index (χ0) is 11.8. The molecule has 0 saturated heterocycles. The molecule has 0 radical (unpaired) electrons. The van der Waals surface area contributed by atoms with Crippen molar-refractivity contribution in [1.82, 2.24) is 9.80 Å². The van der Waals surface area contributed by atoms with Gasteiger partial charge in [-0.15, -0.1) is 0 Å². The van der Waals surface area contributed by atoms with Gasteiger partial charge in [0.15, 0.2) is 0 Å². The van der Waals surface area contributed by atoms with E-state index in [9.17, 15) is 0 Å². The van der Waals surface area contributed by atoms with Crippen LogP contribution in [0.1, 0.15) is 26.7 Å². The average Bonchev–Trinajstić information content (AvgIpc) is 2.16. The van der Waals surface area contributed by atoms with Crippen molar-refractivity contribution in [1.29, 1.82) is 0 Å². The van der Waals surface area contributed by atoms with E-state index in [0.29, 0.717) is 12.0 Å². The molecule has 0 aliphatic rings. The standard InChI is InChI=1S/C12H29N3/c1-6-7-11(2)12(10-13)15(5)9-8-14(3)4/h11-12H,6-10,13H2,1-5H3. The van der Waals surface area contributed by atoms with Gasteiger partial charge in [-0.3, -0.25) is 0 Å². The Bertz CT molecular complexity index is 148. The predicted octanol–water partition coefficient (Wildman–Crippen LogP) is 1.24. The number of hydrogen-bond donors (Lipinski definition) is 1. The van der Waals surface area contributed by atoms with Crippen LogP contribution in [0.4, 0.5) is 0 Å². The van der Waals surface area contributed by atoms with E-state index in [2.05, 4.69) is 44.8 Å². The van der Waals surface area contributed by atoms with Gasteiger partial charge < -0.3 is 15.5 Å². The first kappa shape index (κ1) is 14.9. The molecule has 92 valence electrons. The summed E-state index contributed by atoms with van der Waals surface area (Å²) in [5.74, 6) is 0.701. The molecule has 0 bridgehead atoms. The van der Waals surface area contributed by atoms with Crippen LogP contribution in [0, 0.1) is 5.92 Å². The van der Waals surface area contributed by atoms with Gasteiger partial charge in [-0.05, 0) is 33.5 Å². The van der Waals surface area contributed by atoms with E-state index in [0.717, 1.165) is 19.6 Å². The van der Waals surface area contributed by atoms with Gasteiger partial charge in [0, 0.05) is 25.7 Å². The summed E-state index contributed by atoms with van der Waals surface area (Å²) in [6.45, 7) is 7.52. The van der Waals surface area contributed by atoms with Gasteiger partial charge in [0.1, 0.15) is 0 Å². The van der Waals surface area contributed by atoms with Gasteiger partial charge in [-0.25, -0.2) is 0 Å². The molecule has 0 aliphatic carbocycles. The van der Waals surface area contributed by atoms with Crippen LogP contribution in [0.5, 0.6) is 0 Å². The molecule has 2 atom stereocenters. The lowest BCUT2D eigenvalue weighted by Gasteiger charge is -2.32. The Morgan fingerprint density at radius 3 is 2.13 bits per heavy atom. The van der Waals surface area contributed by atoms with Crippen LogP contribution >= 0.6 is 0 Å². The van der Waals surface area contributed by atoms with E-state index in [4.69, 9.17) is 5.73 Å². The molecule has 0 aliphatic heterocycles. The Balaban J connectivity index is 4.02. The number of likely N-dealkylation sites (N-methyl/N-ethyl adjacent to an activating group) is 2. The predicted molar refractivity (Wildman–Crippen MR) is 68.1 cm³/mol. The highest BCUT2D eigenvalue weighted by molar-refractivity contribution is 4.76. The summed E-state index contributed by atoms with van der Waals surface area (Å²) in [5.41, 5.74) is 5.86. The Kier molecular flexibility index (Phi) is 8.02. The molecule has 3 heteroatoms. The largest absolute Gasteiger partial charge is 0.329 e. The highest BCUT2D eigenvalue weighted by atomic mass is 15.2. The molecule has 0 aromatic heterocycles. The van der Waals surface area contributed by atoms with Crippen LogP contribution in [0.3, 0.4) is 0 Å². The van der Waals surface area contributed by atoms with E-state index in [1.165, 1.54) is 12.8 Å². The summed E-state index contributed by atoms with van der Waals surface area (Å²) >= 11 is 0. The van der Waals surface area contributed by atoms with Gasteiger partial charge in [-0.1, -0.05) is 20.3 Å². The highest BCUT2D eigenvalue weighted by Crippen LogP contribution is 2.14. The average molecular weight is 215 g/mol. The SMILES string of the molecule is CCCC(C)C(CN)N(C)CCN(C)C. The van der Waals surface area contributed by atoms with E-state index in [1.807, 2.05) is 0 Å². The molecule has 0 fully saturated rings. The summed E-state index contributed by atoms with van der Waals surface area (Å²) in [7, 11) is 6.41. The Labute approximate surface area is 95.6 Å². The lowest BCUT2D eigenvalue weighted by molar-refractivity contribution is 0.168. The van der Waals surface area contributed by atoms with Crippen molar-refractivity contribution in [2.75, 3.05) is 40.8 Å². The molecule has 0 aromatic rings. The Morgan fingerprint density at radius 2 is 1.73 bits per heavy atom. The third kappa shape index (κ3) is 6.13. The first-order chi connectivity index (χ1) is 7.02. The smallest absolute Gasteiger partial charge is 0.0241 e. The monoisotopic (exact) mass is 215 g/mol. The van der Waals surface area contributed by atoms with E-state index < -0.39 is 0 Å². The van der Waals surface area contributed by atoms with Crippen LogP contribution in [0.15, 0.2) is 0 Å². The molecule has 0 rings (SSSR count). The molecule has 0 saturated carbocycles. The van der Waals surface area contributed by atoms with Gasteiger partial charge in [0.2, 0.25) is 0 Å². The zero-order valence-corrected chi connectivity index (χ0v) is 11.2. The van der Waals surface area contributed by atoms with Crippen LogP contribution in [0.25, 0.3) is 0 Å². The number of rotatable bonds is 8. The van der Waals surface area contributed by atoms with Crippen LogP contribution < -0.4 is 5.73 Å². The Morgan fingerprint density at radius 1 is 1.13 bits per heavy atom. The molecule has 0 spiro atoms. The van der Waals surface area contributed by atoms with Crippen molar-refractivity contribution in [3.8, 4) is 0 Å². The minimum atomic E-state index is 0.532. The molecule has 3 nitrogen and oxygen atoms in total. The van der Waals surface area contributed by atoms with Gasteiger partial charge >= 0.3 is 0 Å². The molecule has 0 aromatic carbocycles. The van der Waals surface area contributed by atoms with Crippen molar-refractivity contribution < 1.29 is 0 Å². The summed E-state index contributed by atoms with van der Waals surface area (Å²) in [5, 5.41) is 0. The maximum atomic E-state index is 5.86. The molecule has 2 unspecified atom stereocenters. The zero-order valence-electron chi connectivity index (χ0n) is 11.2. The first-order valence-electron chi connectivity index (χ1n) is 6.07. The minimum absolute atomic E-state index is 0.532. The van der Waals surface area contributed by atoms with Crippen molar-refractivity contribution in [3.05, 3.63) is 0 Å². The second-order valence-corrected chi connectivity index (χ2v) is 4.85. The number of hydrogen-bond acceptors (Lipinski definition) is 3. The summed E-state index contributed by atoms with van der Waals surface area (Å²) in [6, 6.07) is 0.532. The fourth-order valence-electron chi connectivity index (χ4n) is 2.02. The summed E-state index contributed by atoms with van der Waals surface area (Å²) in [6.07, 6.45) is 2.52. The van der Waals surface area contributed by atoms with Gasteiger partial charge in [0.25, 0.3) is 0 Å². The topological polar surface area (TPSA) is 32.5 Å². The van der Waals surface area contributed by atoms with Crippen molar-refractivity contribution in [2.24, 2.45) is 11.7 Å². The quantitative estimate of drug-likeness (QED) is 0.661. The van der Waals surface area contributed by atoms with Gasteiger partial charge in [-0.2, -0.15) is 0 Å². The van der Waals surface area contributed by atoms with Gasteiger partial charge in [0.05, 0.1) is 0 Å². The lowest BCUT2D eigenvalue weighted by Crippen LogP contribution is -2.45. The third-order valence-electron chi connectivity index (χ3n) is 3.11. The summed E-state index contributed by atoms with van der Waals surface area (Å²) in [4.78, 5) is 4.62. The molecule has 0 amide bonds. The van der Waals surface area contributed by atoms with E-state index >= 15 is 0 Å². The van der Waals surface area contributed by atoms with E-state index in [1.54, 1.807) is 0 Å².